The molecule has 1 fully saturated rings. The topological polar surface area (TPSA) is 77.7 Å². The van der Waals surface area contributed by atoms with Crippen LogP contribution in [0.15, 0.2) is 71.4 Å². The van der Waals surface area contributed by atoms with E-state index in [1.54, 1.807) is 19.4 Å². The van der Waals surface area contributed by atoms with Crippen LogP contribution in [0.3, 0.4) is 0 Å². The second-order valence-electron chi connectivity index (χ2n) is 7.73. The minimum Gasteiger partial charge on any atom is -0.497 e. The number of methoxy groups -OCH3 is 1. The molecule has 1 amide bonds. The van der Waals surface area contributed by atoms with E-state index in [1.807, 2.05) is 59.5 Å². The summed E-state index contributed by atoms with van der Waals surface area (Å²) >= 11 is 0. The molecule has 7 heteroatoms. The molecule has 0 spiro atoms. The molecule has 1 atom stereocenters. The Labute approximate surface area is 185 Å². The molecule has 1 aliphatic rings. The van der Waals surface area contributed by atoms with Gasteiger partial charge in [-0.15, -0.1) is 0 Å². The summed E-state index contributed by atoms with van der Waals surface area (Å²) in [5.41, 5.74) is 2.13. The number of hydrogen-bond acceptors (Lipinski definition) is 6. The third-order valence-electron chi connectivity index (χ3n) is 5.74. The van der Waals surface area contributed by atoms with Crippen LogP contribution in [0, 0.1) is 0 Å². The molecule has 0 unspecified atom stereocenters. The molecule has 162 valence electrons. The van der Waals surface area contributed by atoms with E-state index in [9.17, 15) is 4.79 Å². The summed E-state index contributed by atoms with van der Waals surface area (Å²) in [4.78, 5) is 19.4. The number of likely N-dealkylation sites (tertiary alicyclic amines) is 1. The molecular formula is C25H23N3O4. The quantitative estimate of drug-likeness (QED) is 0.439. The molecule has 0 bridgehead atoms. The lowest BCUT2D eigenvalue weighted by atomic mass is 10.0. The zero-order chi connectivity index (χ0) is 21.9. The van der Waals surface area contributed by atoms with Crippen LogP contribution < -0.4 is 9.47 Å². The maximum absolute atomic E-state index is 13.2. The predicted octanol–water partition coefficient (Wildman–Crippen LogP) is 4.79. The minimum atomic E-state index is -0.142. The number of hydrogen-bond donors (Lipinski definition) is 0. The maximum Gasteiger partial charge on any atom is 0.276 e. The Morgan fingerprint density at radius 2 is 2.03 bits per heavy atom. The second kappa shape index (κ2) is 8.70. The van der Waals surface area contributed by atoms with Gasteiger partial charge in [0.05, 0.1) is 13.2 Å². The van der Waals surface area contributed by atoms with E-state index in [1.165, 1.54) is 0 Å². The fourth-order valence-corrected chi connectivity index (χ4v) is 4.18. The van der Waals surface area contributed by atoms with Crippen molar-refractivity contribution in [3.05, 3.63) is 83.9 Å². The highest BCUT2D eigenvalue weighted by molar-refractivity contribution is 5.92. The van der Waals surface area contributed by atoms with Crippen molar-refractivity contribution < 1.29 is 18.8 Å². The molecule has 7 nitrogen and oxygen atoms in total. The molecule has 2 aromatic carbocycles. The fraction of sp³-hybridized carbons (Fsp3) is 0.240. The van der Waals surface area contributed by atoms with Crippen LogP contribution in [-0.4, -0.2) is 34.6 Å². The molecule has 2 aromatic heterocycles. The van der Waals surface area contributed by atoms with E-state index in [0.29, 0.717) is 18.1 Å². The van der Waals surface area contributed by atoms with Gasteiger partial charge in [0, 0.05) is 24.2 Å². The normalized spacial score (nSPS) is 15.8. The van der Waals surface area contributed by atoms with Gasteiger partial charge in [-0.05, 0) is 42.7 Å². The van der Waals surface area contributed by atoms with Crippen molar-refractivity contribution >= 4 is 16.8 Å². The molecule has 4 aromatic rings. The van der Waals surface area contributed by atoms with Gasteiger partial charge < -0.3 is 18.9 Å². The Bertz CT molecular complexity index is 1250. The number of para-hydroxylation sites is 1. The first kappa shape index (κ1) is 20.1. The van der Waals surface area contributed by atoms with Crippen LogP contribution >= 0.6 is 0 Å². The van der Waals surface area contributed by atoms with Gasteiger partial charge in [-0.2, -0.15) is 0 Å². The highest BCUT2D eigenvalue weighted by atomic mass is 16.5. The van der Waals surface area contributed by atoms with Crippen molar-refractivity contribution in [3.63, 3.8) is 0 Å². The van der Waals surface area contributed by atoms with Gasteiger partial charge in [0.25, 0.3) is 5.91 Å². The molecule has 1 saturated heterocycles. The maximum atomic E-state index is 13.2. The highest BCUT2D eigenvalue weighted by Gasteiger charge is 2.32. The Hall–Kier alpha value is -3.87. The monoisotopic (exact) mass is 429 g/mol. The van der Waals surface area contributed by atoms with Crippen LogP contribution in [0.25, 0.3) is 10.9 Å². The number of amides is 1. The summed E-state index contributed by atoms with van der Waals surface area (Å²) < 4.78 is 16.6. The fourth-order valence-electron chi connectivity index (χ4n) is 4.18. The Kier molecular flexibility index (Phi) is 5.46. The van der Waals surface area contributed by atoms with E-state index in [2.05, 4.69) is 10.1 Å². The first-order valence-electron chi connectivity index (χ1n) is 10.6. The highest BCUT2D eigenvalue weighted by Crippen LogP contribution is 2.34. The Morgan fingerprint density at radius 1 is 1.16 bits per heavy atom. The van der Waals surface area contributed by atoms with E-state index in [0.717, 1.165) is 35.1 Å². The van der Waals surface area contributed by atoms with Gasteiger partial charge in [0.2, 0.25) is 0 Å². The Morgan fingerprint density at radius 3 is 2.94 bits per heavy atom. The largest absolute Gasteiger partial charge is 0.497 e. The SMILES string of the molecule is COc1cccc([C@H]2CCCN2C(=O)c2cc(COc3cccc4cccnc34)on2)c1. The van der Waals surface area contributed by atoms with Gasteiger partial charge in [-0.1, -0.05) is 35.5 Å². The smallest absolute Gasteiger partial charge is 0.276 e. The average Bonchev–Trinajstić information content (AvgIpc) is 3.52. The van der Waals surface area contributed by atoms with Crippen molar-refractivity contribution in [1.82, 2.24) is 15.0 Å². The lowest BCUT2D eigenvalue weighted by Gasteiger charge is -2.24. The van der Waals surface area contributed by atoms with Crippen molar-refractivity contribution in [3.8, 4) is 11.5 Å². The lowest BCUT2D eigenvalue weighted by Crippen LogP contribution is -2.30. The summed E-state index contributed by atoms with van der Waals surface area (Å²) in [6, 6.07) is 19.1. The second-order valence-corrected chi connectivity index (χ2v) is 7.73. The molecular weight excluding hydrogens is 406 g/mol. The van der Waals surface area contributed by atoms with Crippen LogP contribution in [0.2, 0.25) is 0 Å². The molecule has 3 heterocycles. The van der Waals surface area contributed by atoms with E-state index in [4.69, 9.17) is 14.0 Å². The lowest BCUT2D eigenvalue weighted by molar-refractivity contribution is 0.0724. The number of benzene rings is 2. The van der Waals surface area contributed by atoms with Gasteiger partial charge in [0.1, 0.15) is 23.6 Å². The molecule has 0 aliphatic carbocycles. The average molecular weight is 429 g/mol. The van der Waals surface area contributed by atoms with Crippen LogP contribution in [0.1, 0.15) is 40.7 Å². The zero-order valence-electron chi connectivity index (χ0n) is 17.7. The summed E-state index contributed by atoms with van der Waals surface area (Å²) in [6.45, 7) is 0.844. The summed E-state index contributed by atoms with van der Waals surface area (Å²) in [5, 5.41) is 5.01. The van der Waals surface area contributed by atoms with Crippen LogP contribution in [0.4, 0.5) is 0 Å². The van der Waals surface area contributed by atoms with E-state index in [-0.39, 0.29) is 24.2 Å². The standard InChI is InChI=1S/C25H23N3O4/c1-30-19-9-2-7-18(14-19)22-10-5-13-28(22)25(29)21-15-20(32-27-21)16-31-23-11-3-6-17-8-4-12-26-24(17)23/h2-4,6-9,11-12,14-15,22H,5,10,13,16H2,1H3/t22-/m1/s1. The molecule has 0 saturated carbocycles. The number of carbonyl (C=O) groups excluding carboxylic acids is 1. The van der Waals surface area contributed by atoms with Crippen molar-refractivity contribution in [2.75, 3.05) is 13.7 Å². The molecule has 0 N–H and O–H groups in total. The molecule has 0 radical (unpaired) electrons. The molecule has 32 heavy (non-hydrogen) atoms. The number of fused-ring (bicyclic) bond motifs is 1. The first-order valence-corrected chi connectivity index (χ1v) is 10.6. The van der Waals surface area contributed by atoms with Crippen molar-refractivity contribution in [2.24, 2.45) is 0 Å². The Balaban J connectivity index is 1.30. The number of carbonyl (C=O) groups is 1. The summed E-state index contributed by atoms with van der Waals surface area (Å²) in [5.74, 6) is 1.78. The molecule has 1 aliphatic heterocycles. The van der Waals surface area contributed by atoms with Gasteiger partial charge in [-0.3, -0.25) is 9.78 Å². The van der Waals surface area contributed by atoms with Crippen molar-refractivity contribution in [1.29, 1.82) is 0 Å². The number of pyridine rings is 1. The number of rotatable bonds is 6. The van der Waals surface area contributed by atoms with Gasteiger partial charge in [0.15, 0.2) is 11.5 Å². The van der Waals surface area contributed by atoms with Crippen molar-refractivity contribution in [2.45, 2.75) is 25.5 Å². The number of nitrogens with zero attached hydrogens (tertiary/aromatic N) is 3. The summed E-state index contributed by atoms with van der Waals surface area (Å²) in [6.07, 6.45) is 3.57. The number of aromatic nitrogens is 2. The van der Waals surface area contributed by atoms with Crippen LogP contribution in [0.5, 0.6) is 11.5 Å². The first-order chi connectivity index (χ1) is 15.7. The number of ether oxygens (including phenoxy) is 2. The van der Waals surface area contributed by atoms with Crippen LogP contribution in [-0.2, 0) is 6.61 Å². The minimum absolute atomic E-state index is 0.00393. The zero-order valence-corrected chi connectivity index (χ0v) is 17.7. The third kappa shape index (κ3) is 3.89. The summed E-state index contributed by atoms with van der Waals surface area (Å²) in [7, 11) is 1.64. The van der Waals surface area contributed by atoms with Gasteiger partial charge >= 0.3 is 0 Å². The predicted molar refractivity (Wildman–Crippen MR) is 119 cm³/mol. The molecule has 5 rings (SSSR count). The van der Waals surface area contributed by atoms with Gasteiger partial charge in [-0.25, -0.2) is 0 Å². The third-order valence-corrected chi connectivity index (χ3v) is 5.74. The van der Waals surface area contributed by atoms with E-state index < -0.39 is 0 Å². The van der Waals surface area contributed by atoms with E-state index >= 15 is 0 Å².